The molecule has 2 rings (SSSR count). The predicted octanol–water partition coefficient (Wildman–Crippen LogP) is 2.27. The molecule has 5 heteroatoms. The maximum absolute atomic E-state index is 10.9. The summed E-state index contributed by atoms with van der Waals surface area (Å²) < 4.78 is 0. The predicted molar refractivity (Wildman–Crippen MR) is 66.0 cm³/mol. The number of pyridine rings is 1. The van der Waals surface area contributed by atoms with E-state index in [-0.39, 0.29) is 12.1 Å². The monoisotopic (exact) mass is 244 g/mol. The molecule has 0 aliphatic rings. The molecule has 1 aromatic heterocycles. The van der Waals surface area contributed by atoms with Crippen molar-refractivity contribution >= 4 is 5.69 Å². The van der Waals surface area contributed by atoms with Crippen LogP contribution >= 0.6 is 0 Å². The van der Waals surface area contributed by atoms with Gasteiger partial charge in [-0.1, -0.05) is 18.2 Å². The van der Waals surface area contributed by atoms with E-state index in [9.17, 15) is 15.2 Å². The lowest BCUT2D eigenvalue weighted by atomic mass is 10.0. The molecule has 0 saturated heterocycles. The van der Waals surface area contributed by atoms with Crippen molar-refractivity contribution < 1.29 is 10.0 Å². The maximum atomic E-state index is 10.9. The van der Waals surface area contributed by atoms with Crippen molar-refractivity contribution in [3.05, 3.63) is 70.0 Å². The molecule has 1 aromatic carbocycles. The van der Waals surface area contributed by atoms with Gasteiger partial charge in [0.05, 0.1) is 16.6 Å². The molecule has 0 unspecified atom stereocenters. The first-order chi connectivity index (χ1) is 8.68. The summed E-state index contributed by atoms with van der Waals surface area (Å²) in [6.07, 6.45) is 0.953. The molecule has 92 valence electrons. The molecular weight excluding hydrogens is 232 g/mol. The summed E-state index contributed by atoms with van der Waals surface area (Å²) in [5.41, 5.74) is 0.942. The van der Waals surface area contributed by atoms with Gasteiger partial charge in [-0.15, -0.1) is 0 Å². The number of hydrogen-bond acceptors (Lipinski definition) is 4. The minimum absolute atomic E-state index is 0.0686. The highest BCUT2D eigenvalue weighted by Gasteiger charge is 2.19. The number of aliphatic hydroxyl groups excluding tert-OH is 1. The molecule has 0 amide bonds. The van der Waals surface area contributed by atoms with Crippen molar-refractivity contribution in [2.24, 2.45) is 0 Å². The Kier molecular flexibility index (Phi) is 3.64. The topological polar surface area (TPSA) is 76.3 Å². The summed E-state index contributed by atoms with van der Waals surface area (Å²) in [7, 11) is 0. The van der Waals surface area contributed by atoms with Gasteiger partial charge in [-0.25, -0.2) is 0 Å². The molecule has 0 saturated carbocycles. The zero-order chi connectivity index (χ0) is 13.0. The van der Waals surface area contributed by atoms with Gasteiger partial charge in [0.2, 0.25) is 0 Å². The van der Waals surface area contributed by atoms with Crippen LogP contribution in [0, 0.1) is 10.1 Å². The van der Waals surface area contributed by atoms with Gasteiger partial charge in [0.25, 0.3) is 5.69 Å². The molecule has 1 heterocycles. The molecule has 0 bridgehead atoms. The summed E-state index contributed by atoms with van der Waals surface area (Å²) in [6.45, 7) is 0. The van der Waals surface area contributed by atoms with E-state index in [4.69, 9.17) is 0 Å². The van der Waals surface area contributed by atoms with Gasteiger partial charge < -0.3 is 5.11 Å². The number of para-hydroxylation sites is 1. The van der Waals surface area contributed by atoms with Gasteiger partial charge in [0.15, 0.2) is 0 Å². The van der Waals surface area contributed by atoms with E-state index in [1.807, 2.05) is 6.07 Å². The third-order valence-electron chi connectivity index (χ3n) is 2.62. The van der Waals surface area contributed by atoms with Gasteiger partial charge in [-0.2, -0.15) is 0 Å². The van der Waals surface area contributed by atoms with E-state index in [1.54, 1.807) is 36.5 Å². The van der Waals surface area contributed by atoms with Crippen LogP contribution in [0.5, 0.6) is 0 Å². The van der Waals surface area contributed by atoms with Crippen molar-refractivity contribution in [3.8, 4) is 0 Å². The van der Waals surface area contributed by atoms with E-state index >= 15 is 0 Å². The van der Waals surface area contributed by atoms with Crippen molar-refractivity contribution in [2.45, 2.75) is 12.5 Å². The number of aromatic nitrogens is 1. The summed E-state index contributed by atoms with van der Waals surface area (Å²) in [6, 6.07) is 11.6. The summed E-state index contributed by atoms with van der Waals surface area (Å²) in [5, 5.41) is 20.9. The number of nitro groups is 1. The molecule has 1 atom stereocenters. The first kappa shape index (κ1) is 12.2. The Morgan fingerprint density at radius 1 is 1.22 bits per heavy atom. The minimum atomic E-state index is -0.929. The Labute approximate surface area is 104 Å². The van der Waals surface area contributed by atoms with Crippen molar-refractivity contribution in [1.29, 1.82) is 0 Å². The third kappa shape index (κ3) is 2.70. The van der Waals surface area contributed by atoms with E-state index in [0.717, 1.165) is 0 Å². The van der Waals surface area contributed by atoms with Gasteiger partial charge in [-0.05, 0) is 18.2 Å². The number of nitrogens with zero attached hydrogens (tertiary/aromatic N) is 2. The normalized spacial score (nSPS) is 12.1. The number of nitro benzene ring substituents is 1. The Bertz CT molecular complexity index is 543. The fourth-order valence-electron chi connectivity index (χ4n) is 1.76. The second kappa shape index (κ2) is 5.37. The quantitative estimate of drug-likeness (QED) is 0.661. The van der Waals surface area contributed by atoms with Crippen LogP contribution in [0.25, 0.3) is 0 Å². The average Bonchev–Trinajstić information content (AvgIpc) is 2.40. The molecule has 0 fully saturated rings. The number of benzene rings is 1. The van der Waals surface area contributed by atoms with Crippen molar-refractivity contribution in [1.82, 2.24) is 4.98 Å². The number of aliphatic hydroxyl groups is 1. The Morgan fingerprint density at radius 2 is 1.94 bits per heavy atom. The van der Waals surface area contributed by atoms with Crippen LogP contribution in [-0.4, -0.2) is 15.0 Å². The lowest BCUT2D eigenvalue weighted by Crippen LogP contribution is -2.06. The minimum Gasteiger partial charge on any atom is -0.388 e. The summed E-state index contributed by atoms with van der Waals surface area (Å²) in [5.74, 6) is 0. The van der Waals surface area contributed by atoms with Crippen LogP contribution < -0.4 is 0 Å². The largest absolute Gasteiger partial charge is 0.388 e. The first-order valence-electron chi connectivity index (χ1n) is 5.50. The highest BCUT2D eigenvalue weighted by Crippen LogP contribution is 2.26. The van der Waals surface area contributed by atoms with E-state index in [2.05, 4.69) is 4.98 Å². The van der Waals surface area contributed by atoms with Crippen LogP contribution in [0.4, 0.5) is 5.69 Å². The standard InChI is InChI=1S/C13H12N2O3/c16-13(9-10-5-3-4-8-14-10)11-6-1-2-7-12(11)15(17)18/h1-8,13,16H,9H2/t13-/m0/s1. The Hall–Kier alpha value is -2.27. The molecule has 0 aliphatic carbocycles. The van der Waals surface area contributed by atoms with E-state index in [0.29, 0.717) is 11.3 Å². The average molecular weight is 244 g/mol. The zero-order valence-electron chi connectivity index (χ0n) is 9.56. The second-order valence-corrected chi connectivity index (χ2v) is 3.86. The first-order valence-corrected chi connectivity index (χ1v) is 5.50. The highest BCUT2D eigenvalue weighted by molar-refractivity contribution is 5.41. The maximum Gasteiger partial charge on any atom is 0.275 e. The molecule has 0 spiro atoms. The Balaban J connectivity index is 2.24. The molecule has 0 radical (unpaired) electrons. The van der Waals surface area contributed by atoms with Crippen LogP contribution in [0.2, 0.25) is 0 Å². The molecule has 18 heavy (non-hydrogen) atoms. The fraction of sp³-hybridized carbons (Fsp3) is 0.154. The highest BCUT2D eigenvalue weighted by atomic mass is 16.6. The van der Waals surface area contributed by atoms with Crippen LogP contribution in [0.3, 0.4) is 0 Å². The fourth-order valence-corrected chi connectivity index (χ4v) is 1.76. The second-order valence-electron chi connectivity index (χ2n) is 3.86. The van der Waals surface area contributed by atoms with E-state index < -0.39 is 11.0 Å². The van der Waals surface area contributed by atoms with Gasteiger partial charge in [-0.3, -0.25) is 15.1 Å². The van der Waals surface area contributed by atoms with Crippen LogP contribution in [-0.2, 0) is 6.42 Å². The molecular formula is C13H12N2O3. The summed E-state index contributed by atoms with van der Waals surface area (Å²) >= 11 is 0. The Morgan fingerprint density at radius 3 is 2.61 bits per heavy atom. The zero-order valence-corrected chi connectivity index (χ0v) is 9.56. The van der Waals surface area contributed by atoms with Gasteiger partial charge >= 0.3 is 0 Å². The van der Waals surface area contributed by atoms with Crippen molar-refractivity contribution in [3.63, 3.8) is 0 Å². The van der Waals surface area contributed by atoms with E-state index in [1.165, 1.54) is 6.07 Å². The summed E-state index contributed by atoms with van der Waals surface area (Å²) in [4.78, 5) is 14.5. The smallest absolute Gasteiger partial charge is 0.275 e. The van der Waals surface area contributed by atoms with Crippen LogP contribution in [0.15, 0.2) is 48.7 Å². The molecule has 5 nitrogen and oxygen atoms in total. The molecule has 1 N–H and O–H groups in total. The number of rotatable bonds is 4. The van der Waals surface area contributed by atoms with Crippen molar-refractivity contribution in [2.75, 3.05) is 0 Å². The third-order valence-corrected chi connectivity index (χ3v) is 2.62. The lowest BCUT2D eigenvalue weighted by molar-refractivity contribution is -0.386. The lowest BCUT2D eigenvalue weighted by Gasteiger charge is -2.10. The molecule has 0 aliphatic heterocycles. The SMILES string of the molecule is O=[N+]([O-])c1ccccc1[C@@H](O)Cc1ccccn1. The molecule has 2 aromatic rings. The van der Waals surface area contributed by atoms with Gasteiger partial charge in [0.1, 0.15) is 0 Å². The van der Waals surface area contributed by atoms with Crippen LogP contribution in [0.1, 0.15) is 17.4 Å². The number of hydrogen-bond donors (Lipinski definition) is 1. The van der Waals surface area contributed by atoms with Gasteiger partial charge in [0, 0.05) is 24.4 Å².